The summed E-state index contributed by atoms with van der Waals surface area (Å²) in [6.07, 6.45) is 2.21. The minimum absolute atomic E-state index is 0.0332. The molecule has 25 heavy (non-hydrogen) atoms. The van der Waals surface area contributed by atoms with Gasteiger partial charge in [0.1, 0.15) is 0 Å². The second-order valence-electron chi connectivity index (χ2n) is 7.49. The molecule has 2 N–H and O–H groups in total. The fourth-order valence-electron chi connectivity index (χ4n) is 3.76. The number of aliphatic hydroxyl groups is 2. The average Bonchev–Trinajstić information content (AvgIpc) is 2.56. The van der Waals surface area contributed by atoms with E-state index in [9.17, 15) is 10.2 Å². The second kappa shape index (κ2) is 8.61. The molecule has 3 fully saturated rings. The summed E-state index contributed by atoms with van der Waals surface area (Å²) < 4.78 is 29.3. The van der Waals surface area contributed by atoms with Crippen LogP contribution >= 0.6 is 0 Å². The lowest BCUT2D eigenvalue weighted by Gasteiger charge is -2.41. The van der Waals surface area contributed by atoms with E-state index < -0.39 is 12.4 Å². The zero-order valence-electron chi connectivity index (χ0n) is 15.4. The molecular formula is C18H32O7. The summed E-state index contributed by atoms with van der Waals surface area (Å²) in [5, 5.41) is 19.3. The predicted molar refractivity (Wildman–Crippen MR) is 88.7 cm³/mol. The van der Waals surface area contributed by atoms with E-state index in [1.165, 1.54) is 0 Å². The molecule has 3 heterocycles. The minimum Gasteiger partial charge on any atom is -0.390 e. The fraction of sp³-hybridized carbons (Fsp3) is 1.00. The van der Waals surface area contributed by atoms with Gasteiger partial charge in [-0.25, -0.2) is 0 Å². The molecule has 0 unspecified atom stereocenters. The predicted octanol–water partition coefficient (Wildman–Crippen LogP) is 1.68. The molecule has 0 aromatic rings. The van der Waals surface area contributed by atoms with Gasteiger partial charge in [-0.2, -0.15) is 0 Å². The highest BCUT2D eigenvalue weighted by Gasteiger charge is 2.37. The van der Waals surface area contributed by atoms with E-state index in [2.05, 4.69) is 0 Å². The Hall–Kier alpha value is -0.280. The third kappa shape index (κ3) is 5.13. The molecule has 0 amide bonds. The Balaban J connectivity index is 1.43. The Morgan fingerprint density at radius 2 is 1.16 bits per heavy atom. The molecule has 3 rings (SSSR count). The standard InChI is InChI=1S/C18H32O7/c1-10-13(19)4-8-17(22-10)25-15-6-9-18(23-12(15)3)24-14-5-7-16(20)21-11(14)2/h10-20H,4-9H2,1-3H3/t10-,11+,12+,13+,14-,15-,16-,17-,18+/m0/s1. The maximum Gasteiger partial charge on any atom is 0.158 e. The van der Waals surface area contributed by atoms with Crippen molar-refractivity contribution < 1.29 is 33.9 Å². The van der Waals surface area contributed by atoms with Crippen molar-refractivity contribution >= 4 is 0 Å². The highest BCUT2D eigenvalue weighted by Crippen LogP contribution is 2.30. The van der Waals surface area contributed by atoms with Gasteiger partial charge in [0, 0.05) is 19.3 Å². The van der Waals surface area contributed by atoms with E-state index in [0.717, 1.165) is 19.3 Å². The molecule has 0 spiro atoms. The molecule has 3 saturated heterocycles. The summed E-state index contributed by atoms with van der Waals surface area (Å²) in [5.74, 6) is 0. The van der Waals surface area contributed by atoms with Crippen LogP contribution in [0.1, 0.15) is 59.3 Å². The number of ether oxygens (including phenoxy) is 5. The van der Waals surface area contributed by atoms with E-state index in [4.69, 9.17) is 23.7 Å². The van der Waals surface area contributed by atoms with Gasteiger partial charge >= 0.3 is 0 Å². The van der Waals surface area contributed by atoms with Crippen molar-refractivity contribution in [2.45, 2.75) is 115 Å². The van der Waals surface area contributed by atoms with E-state index in [0.29, 0.717) is 19.3 Å². The van der Waals surface area contributed by atoms with Gasteiger partial charge in [0.25, 0.3) is 0 Å². The summed E-state index contributed by atoms with van der Waals surface area (Å²) in [6, 6.07) is 0. The summed E-state index contributed by atoms with van der Waals surface area (Å²) in [5.41, 5.74) is 0. The monoisotopic (exact) mass is 360 g/mol. The van der Waals surface area contributed by atoms with Crippen molar-refractivity contribution in [2.75, 3.05) is 0 Å². The number of hydrogen-bond acceptors (Lipinski definition) is 7. The van der Waals surface area contributed by atoms with Crippen molar-refractivity contribution in [2.24, 2.45) is 0 Å². The van der Waals surface area contributed by atoms with Crippen LogP contribution in [0.3, 0.4) is 0 Å². The average molecular weight is 360 g/mol. The molecule has 0 radical (unpaired) electrons. The molecule has 3 aliphatic rings. The van der Waals surface area contributed by atoms with Crippen molar-refractivity contribution in [1.29, 1.82) is 0 Å². The molecule has 0 bridgehead atoms. The third-order valence-corrected chi connectivity index (χ3v) is 5.43. The van der Waals surface area contributed by atoms with E-state index >= 15 is 0 Å². The molecule has 0 saturated carbocycles. The van der Waals surface area contributed by atoms with Crippen LogP contribution in [0.2, 0.25) is 0 Å². The second-order valence-corrected chi connectivity index (χ2v) is 7.49. The Kier molecular flexibility index (Phi) is 6.71. The summed E-state index contributed by atoms with van der Waals surface area (Å²) in [7, 11) is 0. The van der Waals surface area contributed by atoms with Gasteiger partial charge in [-0.3, -0.25) is 0 Å². The van der Waals surface area contributed by atoms with Crippen LogP contribution in [-0.4, -0.2) is 65.7 Å². The van der Waals surface area contributed by atoms with Crippen molar-refractivity contribution in [3.8, 4) is 0 Å². The molecule has 7 heteroatoms. The normalized spacial score (nSPS) is 49.1. The van der Waals surface area contributed by atoms with Gasteiger partial charge in [0.15, 0.2) is 18.9 Å². The first kappa shape index (κ1) is 19.5. The molecule has 0 aromatic carbocycles. The fourth-order valence-corrected chi connectivity index (χ4v) is 3.76. The van der Waals surface area contributed by atoms with Crippen LogP contribution in [0.5, 0.6) is 0 Å². The van der Waals surface area contributed by atoms with Gasteiger partial charge in [-0.15, -0.1) is 0 Å². The van der Waals surface area contributed by atoms with Crippen LogP contribution in [0.25, 0.3) is 0 Å². The lowest BCUT2D eigenvalue weighted by molar-refractivity contribution is -0.300. The lowest BCUT2D eigenvalue weighted by atomic mass is 10.0. The third-order valence-electron chi connectivity index (χ3n) is 5.43. The summed E-state index contributed by atoms with van der Waals surface area (Å²) in [4.78, 5) is 0. The SMILES string of the molecule is C[C@@H]1O[C@@H](O[C@H]2CC[C@@H](O[C@H]3CC[C@@H](O)O[C@@H]3C)O[C@@H]2C)CC[C@H]1O. The molecule has 9 atom stereocenters. The Labute approximate surface area is 149 Å². The lowest BCUT2D eigenvalue weighted by Crippen LogP contribution is -2.47. The highest BCUT2D eigenvalue weighted by atomic mass is 16.7. The van der Waals surface area contributed by atoms with E-state index in [1.807, 2.05) is 20.8 Å². The van der Waals surface area contributed by atoms with Crippen LogP contribution < -0.4 is 0 Å². The number of rotatable bonds is 4. The van der Waals surface area contributed by atoms with Crippen molar-refractivity contribution in [3.05, 3.63) is 0 Å². The van der Waals surface area contributed by atoms with Gasteiger partial charge < -0.3 is 33.9 Å². The molecule has 3 aliphatic heterocycles. The molecule has 0 aliphatic carbocycles. The first-order chi connectivity index (χ1) is 11.9. The maximum atomic E-state index is 9.73. The van der Waals surface area contributed by atoms with Crippen LogP contribution in [-0.2, 0) is 23.7 Å². The van der Waals surface area contributed by atoms with Crippen LogP contribution in [0.15, 0.2) is 0 Å². The molecule has 0 aromatic heterocycles. The van der Waals surface area contributed by atoms with Crippen LogP contribution in [0, 0.1) is 0 Å². The van der Waals surface area contributed by atoms with Gasteiger partial charge in [-0.05, 0) is 40.0 Å². The topological polar surface area (TPSA) is 86.6 Å². The van der Waals surface area contributed by atoms with E-state index in [-0.39, 0.29) is 43.1 Å². The van der Waals surface area contributed by atoms with Gasteiger partial charge in [0.05, 0.1) is 36.6 Å². The first-order valence-electron chi connectivity index (χ1n) is 9.55. The quantitative estimate of drug-likeness (QED) is 0.789. The van der Waals surface area contributed by atoms with E-state index in [1.54, 1.807) is 0 Å². The zero-order chi connectivity index (χ0) is 18.0. The van der Waals surface area contributed by atoms with Crippen LogP contribution in [0.4, 0.5) is 0 Å². The number of hydrogen-bond donors (Lipinski definition) is 2. The molecule has 7 nitrogen and oxygen atoms in total. The number of aliphatic hydroxyl groups excluding tert-OH is 2. The Morgan fingerprint density at radius 1 is 0.640 bits per heavy atom. The van der Waals surface area contributed by atoms with Crippen molar-refractivity contribution in [1.82, 2.24) is 0 Å². The van der Waals surface area contributed by atoms with Gasteiger partial charge in [-0.1, -0.05) is 0 Å². The molecule has 146 valence electrons. The highest BCUT2D eigenvalue weighted by molar-refractivity contribution is 4.79. The first-order valence-corrected chi connectivity index (χ1v) is 9.55. The Morgan fingerprint density at radius 3 is 1.72 bits per heavy atom. The minimum atomic E-state index is -0.685. The molecular weight excluding hydrogens is 328 g/mol. The maximum absolute atomic E-state index is 9.73. The van der Waals surface area contributed by atoms with Crippen molar-refractivity contribution in [3.63, 3.8) is 0 Å². The largest absolute Gasteiger partial charge is 0.390 e. The smallest absolute Gasteiger partial charge is 0.158 e. The summed E-state index contributed by atoms with van der Waals surface area (Å²) in [6.45, 7) is 5.78. The Bertz CT molecular complexity index is 420. The zero-order valence-corrected chi connectivity index (χ0v) is 15.4. The van der Waals surface area contributed by atoms with Gasteiger partial charge in [0.2, 0.25) is 0 Å². The summed E-state index contributed by atoms with van der Waals surface area (Å²) >= 11 is 0.